The highest BCUT2D eigenvalue weighted by atomic mass is 16.4. The monoisotopic (exact) mass is 400 g/mol. The van der Waals surface area contributed by atoms with Gasteiger partial charge in [-0.2, -0.15) is 0 Å². The minimum atomic E-state index is -1.10. The fourth-order valence-corrected chi connectivity index (χ4v) is 3.68. The molecule has 1 aromatic heterocycles. The van der Waals surface area contributed by atoms with E-state index in [2.05, 4.69) is 5.32 Å². The number of hydrogen-bond donors (Lipinski definition) is 2. The van der Waals surface area contributed by atoms with Gasteiger partial charge in [-0.25, -0.2) is 4.79 Å². The average molecular weight is 400 g/mol. The molecule has 0 aliphatic rings. The number of para-hydroxylation sites is 2. The highest BCUT2D eigenvalue weighted by Crippen LogP contribution is 2.19. The number of aromatic nitrogens is 1. The highest BCUT2D eigenvalue weighted by molar-refractivity contribution is 5.95. The molecule has 0 saturated carbocycles. The molecule has 150 valence electrons. The molecule has 30 heavy (non-hydrogen) atoms. The number of rotatable bonds is 6. The van der Waals surface area contributed by atoms with Crippen molar-refractivity contribution in [3.8, 4) is 0 Å². The lowest BCUT2D eigenvalue weighted by Gasteiger charge is -2.18. The Labute approximate surface area is 172 Å². The standard InChI is InChI=1S/C24H20N2O4/c27-22(25-19(24(29)30)14-16-8-2-1-3-9-16)15-26-20-12-6-4-10-17(20)23(28)18-11-5-7-13-21(18)26/h1-13,19H,14-15H2,(H,25,27)(H,29,30)/t19-/m1/s1. The minimum Gasteiger partial charge on any atom is -0.480 e. The zero-order valence-electron chi connectivity index (χ0n) is 16.1. The molecule has 0 aliphatic heterocycles. The third-order valence-corrected chi connectivity index (χ3v) is 5.10. The Kier molecular flexibility index (Phi) is 5.30. The number of fused-ring (bicyclic) bond motifs is 2. The Morgan fingerprint density at radius 3 is 1.93 bits per heavy atom. The molecule has 0 saturated heterocycles. The van der Waals surface area contributed by atoms with Crippen LogP contribution in [0.15, 0.2) is 83.7 Å². The molecular formula is C24H20N2O4. The van der Waals surface area contributed by atoms with Gasteiger partial charge in [0.05, 0.1) is 11.0 Å². The number of carboxylic acids is 1. The lowest BCUT2D eigenvalue weighted by Crippen LogP contribution is -2.43. The highest BCUT2D eigenvalue weighted by Gasteiger charge is 2.21. The lowest BCUT2D eigenvalue weighted by molar-refractivity contribution is -0.141. The van der Waals surface area contributed by atoms with Gasteiger partial charge in [-0.15, -0.1) is 0 Å². The number of aliphatic carboxylic acids is 1. The van der Waals surface area contributed by atoms with Crippen molar-refractivity contribution < 1.29 is 14.7 Å². The van der Waals surface area contributed by atoms with Crippen molar-refractivity contribution in [3.05, 3.63) is 94.6 Å². The summed E-state index contributed by atoms with van der Waals surface area (Å²) in [5, 5.41) is 13.2. The Morgan fingerprint density at radius 1 is 0.833 bits per heavy atom. The lowest BCUT2D eigenvalue weighted by atomic mass is 10.1. The predicted molar refractivity (Wildman–Crippen MR) is 115 cm³/mol. The second-order valence-corrected chi connectivity index (χ2v) is 7.10. The molecule has 1 heterocycles. The molecule has 4 aromatic rings. The summed E-state index contributed by atoms with van der Waals surface area (Å²) in [4.78, 5) is 37.3. The molecule has 0 radical (unpaired) electrons. The van der Waals surface area contributed by atoms with Crippen molar-refractivity contribution in [2.75, 3.05) is 0 Å². The van der Waals surface area contributed by atoms with E-state index < -0.39 is 17.9 Å². The first-order valence-electron chi connectivity index (χ1n) is 9.61. The van der Waals surface area contributed by atoms with Crippen LogP contribution in [0.1, 0.15) is 5.56 Å². The Bertz CT molecular complexity index is 1240. The quantitative estimate of drug-likeness (QED) is 0.487. The number of pyridine rings is 1. The van der Waals surface area contributed by atoms with Gasteiger partial charge < -0.3 is 15.0 Å². The van der Waals surface area contributed by atoms with E-state index in [0.29, 0.717) is 21.8 Å². The molecule has 1 atom stereocenters. The van der Waals surface area contributed by atoms with Crippen LogP contribution >= 0.6 is 0 Å². The molecule has 0 spiro atoms. The molecule has 0 unspecified atom stereocenters. The molecule has 0 aliphatic carbocycles. The molecule has 3 aromatic carbocycles. The van der Waals surface area contributed by atoms with E-state index >= 15 is 0 Å². The van der Waals surface area contributed by atoms with Crippen molar-refractivity contribution in [1.82, 2.24) is 9.88 Å². The van der Waals surface area contributed by atoms with Crippen LogP contribution in [0.5, 0.6) is 0 Å². The van der Waals surface area contributed by atoms with Crippen LogP contribution < -0.4 is 10.7 Å². The summed E-state index contributed by atoms with van der Waals surface area (Å²) in [6, 6.07) is 22.3. The fourth-order valence-electron chi connectivity index (χ4n) is 3.68. The third-order valence-electron chi connectivity index (χ3n) is 5.10. The number of carboxylic acid groups (broad SMARTS) is 1. The first kappa shape index (κ1) is 19.4. The molecule has 6 nitrogen and oxygen atoms in total. The molecule has 6 heteroatoms. The second kappa shape index (κ2) is 8.21. The van der Waals surface area contributed by atoms with Gasteiger partial charge in [0.25, 0.3) is 0 Å². The Balaban J connectivity index is 1.67. The van der Waals surface area contributed by atoms with Gasteiger partial charge in [0.1, 0.15) is 12.6 Å². The van der Waals surface area contributed by atoms with E-state index in [4.69, 9.17) is 0 Å². The van der Waals surface area contributed by atoms with Crippen LogP contribution in [0.3, 0.4) is 0 Å². The van der Waals surface area contributed by atoms with Gasteiger partial charge in [0.15, 0.2) is 5.43 Å². The maximum Gasteiger partial charge on any atom is 0.326 e. The van der Waals surface area contributed by atoms with Gasteiger partial charge in [-0.05, 0) is 29.8 Å². The van der Waals surface area contributed by atoms with E-state index in [1.807, 2.05) is 30.3 Å². The van der Waals surface area contributed by atoms with Crippen LogP contribution in [0.25, 0.3) is 21.8 Å². The van der Waals surface area contributed by atoms with Crippen molar-refractivity contribution in [1.29, 1.82) is 0 Å². The molecule has 0 fully saturated rings. The molecule has 4 rings (SSSR count). The van der Waals surface area contributed by atoms with E-state index in [-0.39, 0.29) is 18.4 Å². The minimum absolute atomic E-state index is 0.0923. The number of benzene rings is 3. The maximum absolute atomic E-state index is 12.8. The van der Waals surface area contributed by atoms with Gasteiger partial charge in [-0.1, -0.05) is 54.6 Å². The van der Waals surface area contributed by atoms with Crippen LogP contribution in [-0.4, -0.2) is 27.6 Å². The summed E-state index contributed by atoms with van der Waals surface area (Å²) >= 11 is 0. The van der Waals surface area contributed by atoms with Crippen molar-refractivity contribution in [2.45, 2.75) is 19.0 Å². The summed E-state index contributed by atoms with van der Waals surface area (Å²) in [6.07, 6.45) is 0.188. The van der Waals surface area contributed by atoms with Gasteiger partial charge >= 0.3 is 5.97 Å². The van der Waals surface area contributed by atoms with Crippen molar-refractivity contribution in [3.63, 3.8) is 0 Å². The number of nitrogens with zero attached hydrogens (tertiary/aromatic N) is 1. The molecule has 0 bridgehead atoms. The van der Waals surface area contributed by atoms with Gasteiger partial charge in [0, 0.05) is 17.2 Å². The number of amides is 1. The van der Waals surface area contributed by atoms with Crippen LogP contribution in [0.4, 0.5) is 0 Å². The summed E-state index contributed by atoms with van der Waals surface area (Å²) in [6.45, 7) is -0.0973. The summed E-state index contributed by atoms with van der Waals surface area (Å²) in [7, 11) is 0. The Morgan fingerprint density at radius 2 is 1.37 bits per heavy atom. The van der Waals surface area contributed by atoms with E-state index in [1.165, 1.54) is 0 Å². The van der Waals surface area contributed by atoms with Gasteiger partial charge in [-0.3, -0.25) is 9.59 Å². The van der Waals surface area contributed by atoms with Gasteiger partial charge in [0.2, 0.25) is 5.91 Å². The maximum atomic E-state index is 12.8. The number of carbonyl (C=O) groups is 2. The first-order chi connectivity index (χ1) is 14.5. The third kappa shape index (κ3) is 3.80. The normalized spacial score (nSPS) is 12.0. The molecule has 1 amide bonds. The van der Waals surface area contributed by atoms with E-state index in [9.17, 15) is 19.5 Å². The number of nitrogens with one attached hydrogen (secondary N) is 1. The van der Waals surface area contributed by atoms with Crippen LogP contribution in [0.2, 0.25) is 0 Å². The van der Waals surface area contributed by atoms with E-state index in [0.717, 1.165) is 5.56 Å². The van der Waals surface area contributed by atoms with E-state index in [1.54, 1.807) is 53.1 Å². The zero-order valence-corrected chi connectivity index (χ0v) is 16.1. The summed E-state index contributed by atoms with van der Waals surface area (Å²) < 4.78 is 1.75. The number of carbonyl (C=O) groups excluding carboxylic acids is 1. The SMILES string of the molecule is O=C(Cn1c2ccccc2c(=O)c2ccccc21)N[C@H](Cc1ccccc1)C(=O)O. The summed E-state index contributed by atoms with van der Waals surface area (Å²) in [5.74, 6) is -1.53. The van der Waals surface area contributed by atoms with Crippen LogP contribution in [0, 0.1) is 0 Å². The smallest absolute Gasteiger partial charge is 0.326 e. The molecule has 2 N–H and O–H groups in total. The Hall–Kier alpha value is -3.93. The average Bonchev–Trinajstić information content (AvgIpc) is 2.77. The molecular weight excluding hydrogens is 380 g/mol. The first-order valence-corrected chi connectivity index (χ1v) is 9.61. The fraction of sp³-hybridized carbons (Fsp3) is 0.125. The van der Waals surface area contributed by atoms with Crippen molar-refractivity contribution in [2.24, 2.45) is 0 Å². The van der Waals surface area contributed by atoms with Crippen molar-refractivity contribution >= 4 is 33.7 Å². The summed E-state index contributed by atoms with van der Waals surface area (Å²) in [5.41, 5.74) is 1.99. The van der Waals surface area contributed by atoms with Crippen LogP contribution in [-0.2, 0) is 22.6 Å². The zero-order chi connectivity index (χ0) is 21.1. The number of hydrogen-bond acceptors (Lipinski definition) is 3. The largest absolute Gasteiger partial charge is 0.480 e. The second-order valence-electron chi connectivity index (χ2n) is 7.10. The predicted octanol–water partition coefficient (Wildman–Crippen LogP) is 2.97. The topological polar surface area (TPSA) is 88.4 Å².